The number of hydrogen-bond donors (Lipinski definition) is 2. The second-order valence-corrected chi connectivity index (χ2v) is 6.61. The van der Waals surface area contributed by atoms with Crippen LogP contribution in [0.1, 0.15) is 57.8 Å². The summed E-state index contributed by atoms with van der Waals surface area (Å²) < 4.78 is 0. The van der Waals surface area contributed by atoms with E-state index in [1.165, 1.54) is 32.1 Å². The molecule has 3 nitrogen and oxygen atoms in total. The third-order valence-electron chi connectivity index (χ3n) is 5.17. The fourth-order valence-corrected chi connectivity index (χ4v) is 4.04. The molecular weight excluding hydrogens is 236 g/mol. The fraction of sp³-hybridized carbons (Fsp3) is 0.812. The van der Waals surface area contributed by atoms with E-state index in [9.17, 15) is 4.79 Å². The highest BCUT2D eigenvalue weighted by molar-refractivity contribution is 5.79. The zero-order valence-corrected chi connectivity index (χ0v) is 11.8. The van der Waals surface area contributed by atoms with Crippen molar-refractivity contribution in [3.63, 3.8) is 0 Å². The molecule has 0 bridgehead atoms. The normalized spacial score (nSPS) is 30.6. The van der Waals surface area contributed by atoms with Gasteiger partial charge in [-0.2, -0.15) is 0 Å². The minimum absolute atomic E-state index is 0.206. The lowest BCUT2D eigenvalue weighted by molar-refractivity contribution is -0.125. The molecular formula is C16H26N2O. The molecule has 3 rings (SSSR count). The van der Waals surface area contributed by atoms with Crippen LogP contribution in [0.5, 0.6) is 0 Å². The molecule has 1 saturated heterocycles. The predicted molar refractivity (Wildman–Crippen MR) is 76.8 cm³/mol. The summed E-state index contributed by atoms with van der Waals surface area (Å²) in [5.41, 5.74) is 0.336. The van der Waals surface area contributed by atoms with E-state index in [1.807, 2.05) is 0 Å². The Morgan fingerprint density at radius 1 is 1.16 bits per heavy atom. The lowest BCUT2D eigenvalue weighted by Crippen LogP contribution is -2.57. The maximum absolute atomic E-state index is 12.2. The standard InChI is InChI=1S/C16H26N2O/c19-15(13-6-2-3-7-13)18-14-8-11-17-16(12-14)9-4-1-5-10-16/h2-3,13-14,17H,1,4-12H2,(H,18,19). The molecule has 2 N–H and O–H groups in total. The predicted octanol–water partition coefficient (Wildman–Crippen LogP) is 2.52. The van der Waals surface area contributed by atoms with Gasteiger partial charge in [-0.3, -0.25) is 4.79 Å². The molecule has 106 valence electrons. The summed E-state index contributed by atoms with van der Waals surface area (Å²) in [5, 5.41) is 7.06. The van der Waals surface area contributed by atoms with Crippen molar-refractivity contribution in [3.8, 4) is 0 Å². The Hall–Kier alpha value is -0.830. The average molecular weight is 262 g/mol. The van der Waals surface area contributed by atoms with Crippen molar-refractivity contribution >= 4 is 5.91 Å². The Balaban J connectivity index is 1.54. The van der Waals surface area contributed by atoms with Gasteiger partial charge in [0.25, 0.3) is 0 Å². The van der Waals surface area contributed by atoms with Crippen LogP contribution in [0.15, 0.2) is 12.2 Å². The molecule has 1 heterocycles. The van der Waals surface area contributed by atoms with Crippen LogP contribution in [0.2, 0.25) is 0 Å². The van der Waals surface area contributed by atoms with Crippen LogP contribution in [0.4, 0.5) is 0 Å². The zero-order chi connectivity index (χ0) is 13.1. The molecule has 1 unspecified atom stereocenters. The lowest BCUT2D eigenvalue weighted by Gasteiger charge is -2.45. The van der Waals surface area contributed by atoms with Gasteiger partial charge < -0.3 is 10.6 Å². The molecule has 3 heteroatoms. The van der Waals surface area contributed by atoms with E-state index in [-0.39, 0.29) is 11.8 Å². The molecule has 0 radical (unpaired) electrons. The third kappa shape index (κ3) is 3.02. The molecule has 0 aromatic rings. The first kappa shape index (κ1) is 13.2. The number of carbonyl (C=O) groups is 1. The van der Waals surface area contributed by atoms with E-state index in [2.05, 4.69) is 22.8 Å². The van der Waals surface area contributed by atoms with E-state index >= 15 is 0 Å². The smallest absolute Gasteiger partial charge is 0.223 e. The molecule has 19 heavy (non-hydrogen) atoms. The maximum Gasteiger partial charge on any atom is 0.223 e. The number of piperidine rings is 1. The van der Waals surface area contributed by atoms with Crippen LogP contribution >= 0.6 is 0 Å². The number of hydrogen-bond acceptors (Lipinski definition) is 2. The van der Waals surface area contributed by atoms with Crippen molar-refractivity contribution in [2.24, 2.45) is 5.92 Å². The molecule has 2 fully saturated rings. The van der Waals surface area contributed by atoms with Crippen molar-refractivity contribution < 1.29 is 4.79 Å². The molecule has 1 saturated carbocycles. The van der Waals surface area contributed by atoms with Crippen molar-refractivity contribution in [1.82, 2.24) is 10.6 Å². The van der Waals surface area contributed by atoms with Gasteiger partial charge >= 0.3 is 0 Å². The van der Waals surface area contributed by atoms with Crippen molar-refractivity contribution in [3.05, 3.63) is 12.2 Å². The number of allylic oxidation sites excluding steroid dienone is 2. The summed E-state index contributed by atoms with van der Waals surface area (Å²) in [6.45, 7) is 1.06. The SMILES string of the molecule is O=C(NC1CCNC2(CCCCC2)C1)C1CC=CC1. The van der Waals surface area contributed by atoms with Crippen LogP contribution < -0.4 is 10.6 Å². The van der Waals surface area contributed by atoms with E-state index in [0.717, 1.165) is 32.2 Å². The number of amides is 1. The summed E-state index contributed by atoms with van der Waals surface area (Å²) in [4.78, 5) is 12.2. The van der Waals surface area contributed by atoms with Crippen LogP contribution in [0, 0.1) is 5.92 Å². The third-order valence-corrected chi connectivity index (χ3v) is 5.17. The average Bonchev–Trinajstić information content (AvgIpc) is 2.93. The van der Waals surface area contributed by atoms with E-state index < -0.39 is 0 Å². The van der Waals surface area contributed by atoms with Crippen LogP contribution in [0.25, 0.3) is 0 Å². The Kier molecular flexibility index (Phi) is 3.92. The van der Waals surface area contributed by atoms with Gasteiger partial charge in [0.2, 0.25) is 5.91 Å². The molecule has 1 spiro atoms. The van der Waals surface area contributed by atoms with Gasteiger partial charge in [-0.25, -0.2) is 0 Å². The number of nitrogens with one attached hydrogen (secondary N) is 2. The minimum Gasteiger partial charge on any atom is -0.353 e. The van der Waals surface area contributed by atoms with Crippen molar-refractivity contribution in [2.45, 2.75) is 69.4 Å². The minimum atomic E-state index is 0.206. The van der Waals surface area contributed by atoms with Crippen molar-refractivity contribution in [2.75, 3.05) is 6.54 Å². The number of carbonyl (C=O) groups excluding carboxylic acids is 1. The van der Waals surface area contributed by atoms with Crippen LogP contribution in [0.3, 0.4) is 0 Å². The van der Waals surface area contributed by atoms with Gasteiger partial charge in [0.05, 0.1) is 0 Å². The summed E-state index contributed by atoms with van der Waals surface area (Å²) in [5.74, 6) is 0.486. The Bertz CT molecular complexity index is 344. The molecule has 3 aliphatic rings. The van der Waals surface area contributed by atoms with Gasteiger partial charge in [0, 0.05) is 17.5 Å². The highest BCUT2D eigenvalue weighted by atomic mass is 16.1. The highest BCUT2D eigenvalue weighted by Crippen LogP contribution is 2.34. The van der Waals surface area contributed by atoms with Gasteiger partial charge in [-0.15, -0.1) is 0 Å². The van der Waals surface area contributed by atoms with Gasteiger partial charge in [0.15, 0.2) is 0 Å². The molecule has 0 aromatic heterocycles. The second-order valence-electron chi connectivity index (χ2n) is 6.61. The molecule has 0 aromatic carbocycles. The Morgan fingerprint density at radius 2 is 1.89 bits per heavy atom. The van der Waals surface area contributed by atoms with E-state index in [1.54, 1.807) is 0 Å². The number of rotatable bonds is 2. The monoisotopic (exact) mass is 262 g/mol. The first-order valence-corrected chi connectivity index (χ1v) is 7.98. The summed E-state index contributed by atoms with van der Waals surface area (Å²) in [7, 11) is 0. The molecule has 1 aliphatic heterocycles. The fourth-order valence-electron chi connectivity index (χ4n) is 4.04. The zero-order valence-electron chi connectivity index (χ0n) is 11.8. The molecule has 1 amide bonds. The first-order valence-electron chi connectivity index (χ1n) is 7.98. The maximum atomic E-state index is 12.2. The summed E-state index contributed by atoms with van der Waals surface area (Å²) >= 11 is 0. The van der Waals surface area contributed by atoms with E-state index in [0.29, 0.717) is 11.6 Å². The van der Waals surface area contributed by atoms with Crippen molar-refractivity contribution in [1.29, 1.82) is 0 Å². The highest BCUT2D eigenvalue weighted by Gasteiger charge is 2.37. The Labute approximate surface area is 116 Å². The first-order chi connectivity index (χ1) is 9.27. The quantitative estimate of drug-likeness (QED) is 0.751. The summed E-state index contributed by atoms with van der Waals surface area (Å²) in [6.07, 6.45) is 15.0. The van der Waals surface area contributed by atoms with Gasteiger partial charge in [-0.05, 0) is 45.1 Å². The topological polar surface area (TPSA) is 41.1 Å². The molecule has 2 aliphatic carbocycles. The largest absolute Gasteiger partial charge is 0.353 e. The second kappa shape index (κ2) is 5.66. The lowest BCUT2D eigenvalue weighted by atomic mass is 9.75. The van der Waals surface area contributed by atoms with Crippen LogP contribution in [-0.4, -0.2) is 24.0 Å². The van der Waals surface area contributed by atoms with Gasteiger partial charge in [-0.1, -0.05) is 31.4 Å². The van der Waals surface area contributed by atoms with Crippen LogP contribution in [-0.2, 0) is 4.79 Å². The van der Waals surface area contributed by atoms with E-state index in [4.69, 9.17) is 0 Å². The Morgan fingerprint density at radius 3 is 2.63 bits per heavy atom. The van der Waals surface area contributed by atoms with Gasteiger partial charge in [0.1, 0.15) is 0 Å². The summed E-state index contributed by atoms with van der Waals surface area (Å²) in [6, 6.07) is 0.396. The molecule has 1 atom stereocenters.